The van der Waals surface area contributed by atoms with Crippen LogP contribution in [0.25, 0.3) is 0 Å². The number of sulfonamides is 1. The summed E-state index contributed by atoms with van der Waals surface area (Å²) in [6, 6.07) is 14.8. The van der Waals surface area contributed by atoms with Crippen LogP contribution >= 0.6 is 0 Å². The van der Waals surface area contributed by atoms with Crippen LogP contribution in [-0.2, 0) is 21.4 Å². The number of anilines is 1. The Balaban J connectivity index is 1.36. The average molecular weight is 497 g/mol. The first kappa shape index (κ1) is 24.3. The van der Waals surface area contributed by atoms with Crippen LogP contribution < -0.4 is 10.0 Å². The molecule has 1 fully saturated rings. The third kappa shape index (κ3) is 6.02. The van der Waals surface area contributed by atoms with Gasteiger partial charge in [0.25, 0.3) is 15.9 Å². The van der Waals surface area contributed by atoms with Gasteiger partial charge in [-0.05, 0) is 54.8 Å². The minimum absolute atomic E-state index is 0.0618. The smallest absolute Gasteiger partial charge is 0.262 e. The number of likely N-dealkylation sites (tertiary alicyclic amines) is 1. The highest BCUT2D eigenvalue weighted by molar-refractivity contribution is 7.92. The predicted molar refractivity (Wildman–Crippen MR) is 128 cm³/mol. The highest BCUT2D eigenvalue weighted by Crippen LogP contribution is 2.22. The van der Waals surface area contributed by atoms with E-state index < -0.39 is 15.8 Å². The Bertz CT molecular complexity index is 1310. The summed E-state index contributed by atoms with van der Waals surface area (Å²) in [7, 11) is -4.09. The van der Waals surface area contributed by atoms with Crippen molar-refractivity contribution in [3.05, 3.63) is 90.0 Å². The van der Waals surface area contributed by atoms with Crippen molar-refractivity contribution in [2.45, 2.75) is 24.3 Å². The number of hydrogen-bond donors (Lipinski definition) is 2. The van der Waals surface area contributed by atoms with Crippen LogP contribution in [0.2, 0.25) is 0 Å². The number of pyridine rings is 1. The molecule has 1 saturated heterocycles. The fourth-order valence-corrected chi connectivity index (χ4v) is 5.02. The van der Waals surface area contributed by atoms with Gasteiger partial charge in [-0.15, -0.1) is 0 Å². The van der Waals surface area contributed by atoms with Crippen molar-refractivity contribution in [2.24, 2.45) is 5.92 Å². The number of halogens is 1. The SMILES string of the molecule is O=C(NCc1cccnc1)C1CCN(C(=O)c2cccc(S(=O)(=O)Nc3ccccc3F)c2)CC1. The van der Waals surface area contributed by atoms with E-state index in [9.17, 15) is 22.4 Å². The molecular formula is C25H25FN4O4S. The summed E-state index contributed by atoms with van der Waals surface area (Å²) in [4.78, 5) is 31.0. The van der Waals surface area contributed by atoms with Crippen LogP contribution in [0, 0.1) is 11.7 Å². The standard InChI is InChI=1S/C25H25FN4O4S/c26-22-8-1-2-9-23(22)29-35(33,34)21-7-3-6-20(15-21)25(32)30-13-10-19(11-14-30)24(31)28-17-18-5-4-12-27-16-18/h1-9,12,15-16,19,29H,10-11,13-14,17H2,(H,28,31). The van der Waals surface area contributed by atoms with Gasteiger partial charge >= 0.3 is 0 Å². The van der Waals surface area contributed by atoms with E-state index in [1.807, 2.05) is 12.1 Å². The molecule has 10 heteroatoms. The Morgan fingerprint density at radius 2 is 1.80 bits per heavy atom. The lowest BCUT2D eigenvalue weighted by molar-refractivity contribution is -0.126. The number of para-hydroxylation sites is 1. The van der Waals surface area contributed by atoms with E-state index in [1.165, 1.54) is 42.5 Å². The molecule has 3 aromatic rings. The number of aromatic nitrogens is 1. The van der Waals surface area contributed by atoms with Gasteiger partial charge in [0.15, 0.2) is 0 Å². The van der Waals surface area contributed by atoms with E-state index in [0.29, 0.717) is 32.5 Å². The van der Waals surface area contributed by atoms with Crippen molar-refractivity contribution in [3.8, 4) is 0 Å². The largest absolute Gasteiger partial charge is 0.352 e. The first-order valence-corrected chi connectivity index (χ1v) is 12.6. The zero-order valence-corrected chi connectivity index (χ0v) is 19.7. The molecule has 8 nitrogen and oxygen atoms in total. The van der Waals surface area contributed by atoms with Gasteiger partial charge in [-0.2, -0.15) is 0 Å². The van der Waals surface area contributed by atoms with E-state index in [-0.39, 0.29) is 33.9 Å². The molecule has 2 heterocycles. The second-order valence-electron chi connectivity index (χ2n) is 8.26. The molecule has 0 bridgehead atoms. The van der Waals surface area contributed by atoms with Crippen molar-refractivity contribution < 1.29 is 22.4 Å². The van der Waals surface area contributed by atoms with E-state index >= 15 is 0 Å². The van der Waals surface area contributed by atoms with Crippen molar-refractivity contribution in [1.29, 1.82) is 0 Å². The quantitative estimate of drug-likeness (QED) is 0.522. The first-order chi connectivity index (χ1) is 16.8. The molecule has 0 radical (unpaired) electrons. The summed E-state index contributed by atoms with van der Waals surface area (Å²) in [6.45, 7) is 1.16. The Morgan fingerprint density at radius 3 is 2.51 bits per heavy atom. The van der Waals surface area contributed by atoms with E-state index in [1.54, 1.807) is 17.3 Å². The second kappa shape index (κ2) is 10.6. The number of nitrogens with one attached hydrogen (secondary N) is 2. The Labute approximate surface area is 203 Å². The van der Waals surface area contributed by atoms with Crippen molar-refractivity contribution >= 4 is 27.5 Å². The summed E-state index contributed by atoms with van der Waals surface area (Å²) in [5.41, 5.74) is 0.946. The summed E-state index contributed by atoms with van der Waals surface area (Å²) in [6.07, 6.45) is 4.39. The number of hydrogen-bond acceptors (Lipinski definition) is 5. The van der Waals surface area contributed by atoms with Gasteiger partial charge in [-0.25, -0.2) is 12.8 Å². The molecule has 182 valence electrons. The lowest BCUT2D eigenvalue weighted by Crippen LogP contribution is -2.43. The van der Waals surface area contributed by atoms with Gasteiger partial charge in [0, 0.05) is 43.5 Å². The maximum Gasteiger partial charge on any atom is 0.262 e. The van der Waals surface area contributed by atoms with Crippen LogP contribution in [-0.4, -0.2) is 43.2 Å². The third-order valence-corrected chi connectivity index (χ3v) is 7.22. The number of amides is 2. The van der Waals surface area contributed by atoms with Gasteiger partial charge in [-0.3, -0.25) is 19.3 Å². The fraction of sp³-hybridized carbons (Fsp3) is 0.240. The summed E-state index contributed by atoms with van der Waals surface area (Å²) in [5, 5.41) is 2.91. The maximum atomic E-state index is 13.9. The summed E-state index contributed by atoms with van der Waals surface area (Å²) >= 11 is 0. The van der Waals surface area contributed by atoms with Crippen molar-refractivity contribution in [1.82, 2.24) is 15.2 Å². The van der Waals surface area contributed by atoms with Crippen LogP contribution in [0.15, 0.2) is 78.0 Å². The predicted octanol–water partition coefficient (Wildman–Crippen LogP) is 3.19. The Hall–Kier alpha value is -3.79. The van der Waals surface area contributed by atoms with Crippen LogP contribution in [0.1, 0.15) is 28.8 Å². The average Bonchev–Trinajstić information content (AvgIpc) is 2.89. The van der Waals surface area contributed by atoms with Gasteiger partial charge in [0.1, 0.15) is 5.82 Å². The molecule has 1 aliphatic heterocycles. The third-order valence-electron chi connectivity index (χ3n) is 5.85. The van der Waals surface area contributed by atoms with Gasteiger partial charge < -0.3 is 10.2 Å². The van der Waals surface area contributed by atoms with Crippen LogP contribution in [0.3, 0.4) is 0 Å². The number of rotatable bonds is 7. The molecule has 0 spiro atoms. The monoisotopic (exact) mass is 496 g/mol. The minimum atomic E-state index is -4.09. The van der Waals surface area contributed by atoms with E-state index in [4.69, 9.17) is 0 Å². The lowest BCUT2D eigenvalue weighted by Gasteiger charge is -2.31. The molecule has 35 heavy (non-hydrogen) atoms. The van der Waals surface area contributed by atoms with Gasteiger partial charge in [0.05, 0.1) is 10.6 Å². The fourth-order valence-electron chi connectivity index (χ4n) is 3.91. The summed E-state index contributed by atoms with van der Waals surface area (Å²) < 4.78 is 41.6. The molecular weight excluding hydrogens is 471 g/mol. The maximum absolute atomic E-state index is 13.9. The van der Waals surface area contributed by atoms with Crippen molar-refractivity contribution in [3.63, 3.8) is 0 Å². The molecule has 0 unspecified atom stereocenters. The van der Waals surface area contributed by atoms with E-state index in [0.717, 1.165) is 11.6 Å². The molecule has 0 aliphatic carbocycles. The lowest BCUT2D eigenvalue weighted by atomic mass is 9.95. The molecule has 2 amide bonds. The van der Waals surface area contributed by atoms with Gasteiger partial charge in [0.2, 0.25) is 5.91 Å². The normalized spacial score (nSPS) is 14.4. The van der Waals surface area contributed by atoms with Gasteiger partial charge in [-0.1, -0.05) is 24.3 Å². The number of carbonyl (C=O) groups is 2. The molecule has 0 atom stereocenters. The molecule has 4 rings (SSSR count). The molecule has 1 aliphatic rings. The van der Waals surface area contributed by atoms with Crippen molar-refractivity contribution in [2.75, 3.05) is 17.8 Å². The highest BCUT2D eigenvalue weighted by Gasteiger charge is 2.28. The Morgan fingerprint density at radius 1 is 1.03 bits per heavy atom. The zero-order valence-electron chi connectivity index (χ0n) is 18.9. The highest BCUT2D eigenvalue weighted by atomic mass is 32.2. The Kier molecular flexibility index (Phi) is 7.40. The molecule has 2 N–H and O–H groups in total. The first-order valence-electron chi connectivity index (χ1n) is 11.2. The molecule has 1 aromatic heterocycles. The topological polar surface area (TPSA) is 108 Å². The number of carbonyl (C=O) groups excluding carboxylic acids is 2. The number of benzene rings is 2. The van der Waals surface area contributed by atoms with E-state index in [2.05, 4.69) is 15.0 Å². The van der Waals surface area contributed by atoms with Crippen LogP contribution in [0.4, 0.5) is 10.1 Å². The number of piperidine rings is 1. The number of nitrogens with zero attached hydrogens (tertiary/aromatic N) is 2. The second-order valence-corrected chi connectivity index (χ2v) is 9.94. The molecule has 2 aromatic carbocycles. The summed E-state index contributed by atoms with van der Waals surface area (Å²) in [5.74, 6) is -1.28. The molecule has 0 saturated carbocycles. The van der Waals surface area contributed by atoms with Crippen LogP contribution in [0.5, 0.6) is 0 Å². The zero-order chi connectivity index (χ0) is 24.8. The minimum Gasteiger partial charge on any atom is -0.352 e.